The lowest BCUT2D eigenvalue weighted by Crippen LogP contribution is -2.60. The molecule has 2 N–H and O–H groups in total. The molecule has 2 saturated heterocycles. The van der Waals surface area contributed by atoms with E-state index < -0.39 is 5.60 Å². The number of aromatic hydroxyl groups is 1. The number of aliphatic hydroxyl groups is 1. The summed E-state index contributed by atoms with van der Waals surface area (Å²) < 4.78 is 0. The van der Waals surface area contributed by atoms with Gasteiger partial charge in [0.1, 0.15) is 5.75 Å². The number of likely N-dealkylation sites (N-methyl/N-ethyl adjacent to an activating group) is 2. The summed E-state index contributed by atoms with van der Waals surface area (Å²) >= 11 is 0. The van der Waals surface area contributed by atoms with Gasteiger partial charge in [-0.25, -0.2) is 0 Å². The van der Waals surface area contributed by atoms with E-state index in [2.05, 4.69) is 34.9 Å². The monoisotopic (exact) mass is 401 g/mol. The molecule has 2 heterocycles. The van der Waals surface area contributed by atoms with Gasteiger partial charge in [-0.1, -0.05) is 6.07 Å². The molecule has 1 aromatic carbocycles. The van der Waals surface area contributed by atoms with Crippen LogP contribution >= 0.6 is 0 Å². The Kier molecular flexibility index (Phi) is 5.95. The quantitative estimate of drug-likeness (QED) is 0.794. The molecule has 3 atom stereocenters. The van der Waals surface area contributed by atoms with Crippen LogP contribution in [-0.4, -0.2) is 89.4 Å². The van der Waals surface area contributed by atoms with Crippen molar-refractivity contribution < 1.29 is 10.2 Å². The van der Waals surface area contributed by atoms with Crippen LogP contribution in [0.15, 0.2) is 18.2 Å². The van der Waals surface area contributed by atoms with Gasteiger partial charge in [-0.3, -0.25) is 0 Å². The standard InChI is InChI=1S/C24H39N3O2/c1-24(2,29)16-27-11-7-17(8-12-27)15-26(4)23-20-9-10-25(3)22(23)13-18-5-6-19(28)14-21(18)20/h5-6,14,17,20,22-23,28-29H,7-13,15-16H2,1-4H3. The Morgan fingerprint density at radius 1 is 1.14 bits per heavy atom. The molecule has 2 aliphatic heterocycles. The molecule has 2 bridgehead atoms. The third kappa shape index (κ3) is 4.63. The molecule has 0 spiro atoms. The Morgan fingerprint density at radius 2 is 1.86 bits per heavy atom. The number of β-amino-alcohol motifs (C(OH)–C–C–N with tert-alkyl or cyclic N) is 1. The maximum Gasteiger partial charge on any atom is 0.115 e. The normalized spacial score (nSPS) is 29.2. The van der Waals surface area contributed by atoms with E-state index in [0.29, 0.717) is 23.8 Å². The van der Waals surface area contributed by atoms with Crippen LogP contribution in [0.25, 0.3) is 0 Å². The van der Waals surface area contributed by atoms with Gasteiger partial charge in [0.2, 0.25) is 0 Å². The number of benzene rings is 1. The highest BCUT2D eigenvalue weighted by molar-refractivity contribution is 5.42. The van der Waals surface area contributed by atoms with Gasteiger partial charge in [0.25, 0.3) is 0 Å². The lowest BCUT2D eigenvalue weighted by molar-refractivity contribution is 0.0110. The van der Waals surface area contributed by atoms with Crippen LogP contribution in [0, 0.1) is 5.92 Å². The van der Waals surface area contributed by atoms with Crippen LogP contribution in [0.4, 0.5) is 0 Å². The maximum absolute atomic E-state index is 10.1. The number of phenols is 1. The molecule has 0 saturated carbocycles. The van der Waals surface area contributed by atoms with Crippen molar-refractivity contribution >= 4 is 0 Å². The van der Waals surface area contributed by atoms with Gasteiger partial charge >= 0.3 is 0 Å². The topological polar surface area (TPSA) is 50.2 Å². The van der Waals surface area contributed by atoms with Crippen molar-refractivity contribution in [2.75, 3.05) is 46.8 Å². The van der Waals surface area contributed by atoms with Crippen molar-refractivity contribution in [3.8, 4) is 5.75 Å². The first-order chi connectivity index (χ1) is 13.7. The molecule has 3 unspecified atom stereocenters. The number of fused-ring (bicyclic) bond motifs is 4. The SMILES string of the molecule is CN1CCC2c3cc(O)ccc3CC1C2N(C)CC1CCN(CC(C)(C)O)CC1. The summed E-state index contributed by atoms with van der Waals surface area (Å²) in [6.07, 6.45) is 4.69. The lowest BCUT2D eigenvalue weighted by atomic mass is 9.71. The van der Waals surface area contributed by atoms with E-state index in [1.807, 2.05) is 26.0 Å². The van der Waals surface area contributed by atoms with Gasteiger partial charge in [-0.05, 0) is 102 Å². The van der Waals surface area contributed by atoms with Crippen LogP contribution < -0.4 is 0 Å². The smallest absolute Gasteiger partial charge is 0.115 e. The van der Waals surface area contributed by atoms with Crippen molar-refractivity contribution in [2.24, 2.45) is 5.92 Å². The summed E-state index contributed by atoms with van der Waals surface area (Å²) in [5, 5.41) is 20.2. The molecule has 0 aromatic heterocycles. The second-order valence-corrected chi connectivity index (χ2v) is 10.5. The molecular formula is C24H39N3O2. The Balaban J connectivity index is 1.43. The minimum Gasteiger partial charge on any atom is -0.508 e. The van der Waals surface area contributed by atoms with E-state index in [1.54, 1.807) is 0 Å². The van der Waals surface area contributed by atoms with Crippen LogP contribution in [0.1, 0.15) is 50.2 Å². The van der Waals surface area contributed by atoms with Gasteiger partial charge in [0.15, 0.2) is 0 Å². The minimum atomic E-state index is -0.604. The van der Waals surface area contributed by atoms with Crippen LogP contribution in [-0.2, 0) is 6.42 Å². The van der Waals surface area contributed by atoms with Crippen molar-refractivity contribution in [2.45, 2.75) is 63.1 Å². The summed E-state index contributed by atoms with van der Waals surface area (Å²) in [5.74, 6) is 1.66. The molecule has 3 aliphatic rings. The molecule has 4 rings (SSSR count). The van der Waals surface area contributed by atoms with Gasteiger partial charge in [0, 0.05) is 31.1 Å². The Bertz CT molecular complexity index is 709. The molecule has 0 amide bonds. The zero-order valence-corrected chi connectivity index (χ0v) is 18.6. The fraction of sp³-hybridized carbons (Fsp3) is 0.750. The van der Waals surface area contributed by atoms with E-state index in [0.717, 1.165) is 45.1 Å². The molecule has 5 nitrogen and oxygen atoms in total. The first-order valence-corrected chi connectivity index (χ1v) is 11.4. The zero-order valence-electron chi connectivity index (χ0n) is 18.6. The zero-order chi connectivity index (χ0) is 20.8. The highest BCUT2D eigenvalue weighted by Crippen LogP contribution is 2.43. The van der Waals surface area contributed by atoms with Gasteiger partial charge in [-0.2, -0.15) is 0 Å². The van der Waals surface area contributed by atoms with Crippen LogP contribution in [0.5, 0.6) is 5.75 Å². The predicted molar refractivity (Wildman–Crippen MR) is 117 cm³/mol. The van der Waals surface area contributed by atoms with E-state index in [1.165, 1.54) is 30.4 Å². The van der Waals surface area contributed by atoms with E-state index in [-0.39, 0.29) is 0 Å². The van der Waals surface area contributed by atoms with Crippen molar-refractivity contribution in [3.63, 3.8) is 0 Å². The fourth-order valence-corrected chi connectivity index (χ4v) is 6.17. The van der Waals surface area contributed by atoms with E-state index in [9.17, 15) is 10.2 Å². The first-order valence-electron chi connectivity index (χ1n) is 11.4. The summed E-state index contributed by atoms with van der Waals surface area (Å²) in [6.45, 7) is 9.06. The lowest BCUT2D eigenvalue weighted by Gasteiger charge is -2.52. The number of rotatable bonds is 5. The predicted octanol–water partition coefficient (Wildman–Crippen LogP) is 2.52. The highest BCUT2D eigenvalue weighted by Gasteiger charge is 2.44. The highest BCUT2D eigenvalue weighted by atomic mass is 16.3. The summed E-state index contributed by atoms with van der Waals surface area (Å²) in [5.41, 5.74) is 2.20. The number of nitrogens with zero attached hydrogens (tertiary/aromatic N) is 3. The largest absolute Gasteiger partial charge is 0.508 e. The maximum atomic E-state index is 10.1. The van der Waals surface area contributed by atoms with Crippen molar-refractivity contribution in [1.82, 2.24) is 14.7 Å². The Hall–Kier alpha value is -1.14. The number of piperidine rings is 2. The molecule has 2 fully saturated rings. The van der Waals surface area contributed by atoms with Gasteiger partial charge in [0.05, 0.1) is 5.60 Å². The average molecular weight is 402 g/mol. The van der Waals surface area contributed by atoms with E-state index in [4.69, 9.17) is 0 Å². The van der Waals surface area contributed by atoms with Crippen LogP contribution in [0.2, 0.25) is 0 Å². The molecule has 162 valence electrons. The number of hydrogen-bond donors (Lipinski definition) is 2. The molecular weight excluding hydrogens is 362 g/mol. The molecule has 0 radical (unpaired) electrons. The van der Waals surface area contributed by atoms with Crippen LogP contribution in [0.3, 0.4) is 0 Å². The molecule has 5 heteroatoms. The third-order valence-corrected chi connectivity index (χ3v) is 7.50. The van der Waals surface area contributed by atoms with E-state index >= 15 is 0 Å². The molecule has 29 heavy (non-hydrogen) atoms. The number of hydrogen-bond acceptors (Lipinski definition) is 5. The van der Waals surface area contributed by atoms with Gasteiger partial charge in [-0.15, -0.1) is 0 Å². The average Bonchev–Trinajstić information content (AvgIpc) is 2.65. The van der Waals surface area contributed by atoms with Gasteiger partial charge < -0.3 is 24.9 Å². The minimum absolute atomic E-state index is 0.404. The fourth-order valence-electron chi connectivity index (χ4n) is 6.17. The van der Waals surface area contributed by atoms with Crippen molar-refractivity contribution in [3.05, 3.63) is 29.3 Å². The Morgan fingerprint density at radius 3 is 2.55 bits per heavy atom. The number of phenolic OH excluding ortho intramolecular Hbond substituents is 1. The summed E-state index contributed by atoms with van der Waals surface area (Å²) in [7, 11) is 4.60. The summed E-state index contributed by atoms with van der Waals surface area (Å²) in [6, 6.07) is 7.10. The first kappa shape index (κ1) is 21.1. The third-order valence-electron chi connectivity index (χ3n) is 7.50. The second-order valence-electron chi connectivity index (χ2n) is 10.5. The molecule has 1 aliphatic carbocycles. The Labute approximate surface area is 176 Å². The molecule has 1 aromatic rings. The summed E-state index contributed by atoms with van der Waals surface area (Å²) in [4.78, 5) is 7.60. The van der Waals surface area contributed by atoms with Crippen molar-refractivity contribution in [1.29, 1.82) is 0 Å². The second kappa shape index (κ2) is 8.18. The number of likely N-dealkylation sites (tertiary alicyclic amines) is 2.